The number of rotatable bonds is 6. The zero-order valence-electron chi connectivity index (χ0n) is 11.7. The Hall–Kier alpha value is -1.13. The quantitative estimate of drug-likeness (QED) is 0.800. The number of nitrogens with two attached hydrogens (primary N) is 1. The SMILES string of the molecule is CCCCOCCn1c2c(ccc1=O)C(N)CCC2. The molecule has 0 radical (unpaired) electrons. The zero-order chi connectivity index (χ0) is 13.7. The minimum absolute atomic E-state index is 0.0620. The Balaban J connectivity index is 2.07. The molecule has 2 N–H and O–H groups in total. The van der Waals surface area contributed by atoms with Crippen LogP contribution in [0.15, 0.2) is 16.9 Å². The van der Waals surface area contributed by atoms with Gasteiger partial charge in [0.05, 0.1) is 6.61 Å². The highest BCUT2D eigenvalue weighted by Crippen LogP contribution is 2.26. The summed E-state index contributed by atoms with van der Waals surface area (Å²) in [7, 11) is 0. The molecule has 106 valence electrons. The summed E-state index contributed by atoms with van der Waals surface area (Å²) in [6.45, 7) is 4.16. The van der Waals surface area contributed by atoms with Crippen LogP contribution in [0.1, 0.15) is 49.9 Å². The summed E-state index contributed by atoms with van der Waals surface area (Å²) in [5.41, 5.74) is 8.43. The van der Waals surface area contributed by atoms with E-state index in [0.717, 1.165) is 50.0 Å². The summed E-state index contributed by atoms with van der Waals surface area (Å²) in [6, 6.07) is 3.61. The molecule has 0 amide bonds. The highest BCUT2D eigenvalue weighted by molar-refractivity contribution is 5.27. The van der Waals surface area contributed by atoms with E-state index < -0.39 is 0 Å². The fourth-order valence-corrected chi connectivity index (χ4v) is 2.65. The van der Waals surface area contributed by atoms with Gasteiger partial charge in [0.15, 0.2) is 0 Å². The smallest absolute Gasteiger partial charge is 0.250 e. The van der Waals surface area contributed by atoms with E-state index in [4.69, 9.17) is 10.5 Å². The first-order chi connectivity index (χ1) is 9.24. The minimum atomic E-state index is 0.0620. The molecule has 0 aliphatic heterocycles. The maximum Gasteiger partial charge on any atom is 0.250 e. The largest absolute Gasteiger partial charge is 0.380 e. The van der Waals surface area contributed by atoms with Crippen molar-refractivity contribution in [2.45, 2.75) is 51.6 Å². The molecule has 4 heteroatoms. The van der Waals surface area contributed by atoms with Crippen molar-refractivity contribution in [2.75, 3.05) is 13.2 Å². The summed E-state index contributed by atoms with van der Waals surface area (Å²) >= 11 is 0. The number of hydrogen-bond donors (Lipinski definition) is 1. The average Bonchev–Trinajstić information content (AvgIpc) is 2.41. The van der Waals surface area contributed by atoms with Crippen LogP contribution in [0, 0.1) is 0 Å². The standard InChI is InChI=1S/C15H24N2O2/c1-2-3-10-19-11-9-17-14-6-4-5-13(16)12(14)7-8-15(17)18/h7-8,13H,2-6,9-11,16H2,1H3. The van der Waals surface area contributed by atoms with Crippen LogP contribution in [0.25, 0.3) is 0 Å². The van der Waals surface area contributed by atoms with Crippen molar-refractivity contribution in [3.05, 3.63) is 33.7 Å². The van der Waals surface area contributed by atoms with Crippen molar-refractivity contribution in [3.8, 4) is 0 Å². The van der Waals surface area contributed by atoms with E-state index in [2.05, 4.69) is 6.92 Å². The molecule has 0 saturated carbocycles. The van der Waals surface area contributed by atoms with Crippen LogP contribution in [0.3, 0.4) is 0 Å². The lowest BCUT2D eigenvalue weighted by Crippen LogP contribution is -2.30. The molecular weight excluding hydrogens is 240 g/mol. The molecular formula is C15H24N2O2. The zero-order valence-corrected chi connectivity index (χ0v) is 11.7. The monoisotopic (exact) mass is 264 g/mol. The lowest BCUT2D eigenvalue weighted by atomic mass is 9.91. The number of ether oxygens (including phenoxy) is 1. The molecule has 1 atom stereocenters. The third kappa shape index (κ3) is 3.45. The molecule has 1 heterocycles. The highest BCUT2D eigenvalue weighted by atomic mass is 16.5. The van der Waals surface area contributed by atoms with Crippen molar-refractivity contribution in [3.63, 3.8) is 0 Å². The number of unbranched alkanes of at least 4 members (excludes halogenated alkanes) is 1. The molecule has 1 aromatic heterocycles. The first-order valence-corrected chi connectivity index (χ1v) is 7.30. The average molecular weight is 264 g/mol. The van der Waals surface area contributed by atoms with Gasteiger partial charge < -0.3 is 15.0 Å². The van der Waals surface area contributed by atoms with Gasteiger partial charge in [-0.2, -0.15) is 0 Å². The second-order valence-electron chi connectivity index (χ2n) is 5.19. The van der Waals surface area contributed by atoms with Crippen molar-refractivity contribution in [2.24, 2.45) is 5.73 Å². The Kier molecular flexibility index (Phi) is 5.16. The summed E-state index contributed by atoms with van der Waals surface area (Å²) in [5, 5.41) is 0. The topological polar surface area (TPSA) is 57.2 Å². The van der Waals surface area contributed by atoms with Crippen LogP contribution in [0.4, 0.5) is 0 Å². The molecule has 1 aliphatic rings. The molecule has 1 aliphatic carbocycles. The molecule has 0 aromatic carbocycles. The molecule has 1 unspecified atom stereocenters. The Morgan fingerprint density at radius 2 is 2.26 bits per heavy atom. The van der Waals surface area contributed by atoms with E-state index in [0.29, 0.717) is 13.2 Å². The maximum absolute atomic E-state index is 12.0. The van der Waals surface area contributed by atoms with Crippen LogP contribution < -0.4 is 11.3 Å². The van der Waals surface area contributed by atoms with E-state index >= 15 is 0 Å². The second kappa shape index (κ2) is 6.87. The van der Waals surface area contributed by atoms with Crippen LogP contribution in [-0.2, 0) is 17.7 Å². The predicted molar refractivity (Wildman–Crippen MR) is 76.3 cm³/mol. The molecule has 0 spiro atoms. The van der Waals surface area contributed by atoms with E-state index in [-0.39, 0.29) is 11.6 Å². The maximum atomic E-state index is 12.0. The number of fused-ring (bicyclic) bond motifs is 1. The van der Waals surface area contributed by atoms with Crippen LogP contribution in [-0.4, -0.2) is 17.8 Å². The van der Waals surface area contributed by atoms with Crippen molar-refractivity contribution >= 4 is 0 Å². The van der Waals surface area contributed by atoms with Gasteiger partial charge in [0.1, 0.15) is 0 Å². The van der Waals surface area contributed by atoms with Gasteiger partial charge in [0, 0.05) is 31.0 Å². The second-order valence-corrected chi connectivity index (χ2v) is 5.19. The lowest BCUT2D eigenvalue weighted by molar-refractivity contribution is 0.122. The van der Waals surface area contributed by atoms with Gasteiger partial charge >= 0.3 is 0 Å². The molecule has 0 fully saturated rings. The molecule has 19 heavy (non-hydrogen) atoms. The van der Waals surface area contributed by atoms with E-state index in [1.165, 1.54) is 0 Å². The van der Waals surface area contributed by atoms with E-state index in [1.54, 1.807) is 6.07 Å². The Morgan fingerprint density at radius 1 is 1.42 bits per heavy atom. The van der Waals surface area contributed by atoms with E-state index in [9.17, 15) is 4.79 Å². The molecule has 0 saturated heterocycles. The summed E-state index contributed by atoms with van der Waals surface area (Å²) in [5.74, 6) is 0. The van der Waals surface area contributed by atoms with Crippen molar-refractivity contribution in [1.82, 2.24) is 4.57 Å². The van der Waals surface area contributed by atoms with Gasteiger partial charge in [0.25, 0.3) is 5.56 Å². The van der Waals surface area contributed by atoms with Gasteiger partial charge in [-0.15, -0.1) is 0 Å². The van der Waals surface area contributed by atoms with Crippen LogP contribution in [0.5, 0.6) is 0 Å². The van der Waals surface area contributed by atoms with E-state index in [1.807, 2.05) is 10.6 Å². The third-order valence-corrected chi connectivity index (χ3v) is 3.76. The summed E-state index contributed by atoms with van der Waals surface area (Å²) in [4.78, 5) is 12.0. The molecule has 4 nitrogen and oxygen atoms in total. The lowest BCUT2D eigenvalue weighted by Gasteiger charge is -2.25. The number of pyridine rings is 1. The Morgan fingerprint density at radius 3 is 3.05 bits per heavy atom. The van der Waals surface area contributed by atoms with Crippen molar-refractivity contribution < 1.29 is 4.74 Å². The van der Waals surface area contributed by atoms with Gasteiger partial charge in [-0.1, -0.05) is 19.4 Å². The Labute approximate surface area is 114 Å². The predicted octanol–water partition coefficient (Wildman–Crippen LogP) is 2.00. The van der Waals surface area contributed by atoms with Gasteiger partial charge in [0.2, 0.25) is 0 Å². The molecule has 1 aromatic rings. The van der Waals surface area contributed by atoms with Gasteiger partial charge in [-0.05, 0) is 31.2 Å². The van der Waals surface area contributed by atoms with Crippen molar-refractivity contribution in [1.29, 1.82) is 0 Å². The number of hydrogen-bond acceptors (Lipinski definition) is 3. The van der Waals surface area contributed by atoms with Gasteiger partial charge in [-0.25, -0.2) is 0 Å². The normalized spacial score (nSPS) is 18.3. The van der Waals surface area contributed by atoms with Crippen LogP contribution >= 0.6 is 0 Å². The third-order valence-electron chi connectivity index (χ3n) is 3.76. The number of aromatic nitrogens is 1. The Bertz CT molecular complexity index is 468. The minimum Gasteiger partial charge on any atom is -0.380 e. The fourth-order valence-electron chi connectivity index (χ4n) is 2.65. The van der Waals surface area contributed by atoms with Gasteiger partial charge in [-0.3, -0.25) is 4.79 Å². The number of nitrogens with zero attached hydrogens (tertiary/aromatic N) is 1. The summed E-state index contributed by atoms with van der Waals surface area (Å²) < 4.78 is 7.41. The first-order valence-electron chi connectivity index (χ1n) is 7.30. The van der Waals surface area contributed by atoms with Crippen LogP contribution in [0.2, 0.25) is 0 Å². The summed E-state index contributed by atoms with van der Waals surface area (Å²) in [6.07, 6.45) is 5.24. The highest BCUT2D eigenvalue weighted by Gasteiger charge is 2.19. The molecule has 0 bridgehead atoms. The molecule has 2 rings (SSSR count). The first kappa shape index (κ1) is 14.3. The fraction of sp³-hybridized carbons (Fsp3) is 0.667.